The number of aliphatic carboxylic acids is 1. The van der Waals surface area contributed by atoms with Crippen molar-refractivity contribution in [1.29, 1.82) is 0 Å². The Balaban J connectivity index is 1.75. The van der Waals surface area contributed by atoms with Crippen LogP contribution in [0.1, 0.15) is 29.8 Å². The molecule has 1 aliphatic carbocycles. The van der Waals surface area contributed by atoms with E-state index in [9.17, 15) is 19.2 Å². The Labute approximate surface area is 174 Å². The molecule has 3 rings (SSSR count). The average Bonchev–Trinajstić information content (AvgIpc) is 2.72. The molecular formula is C21H27N3O6. The van der Waals surface area contributed by atoms with Crippen molar-refractivity contribution in [1.82, 2.24) is 10.2 Å². The summed E-state index contributed by atoms with van der Waals surface area (Å²) in [6.45, 7) is 7.53. The Morgan fingerprint density at radius 2 is 1.93 bits per heavy atom. The number of ketones is 2. The number of ether oxygens (including phenoxy) is 1. The number of benzene rings is 1. The van der Waals surface area contributed by atoms with Gasteiger partial charge in [0.05, 0.1) is 18.6 Å². The number of hydrogen-bond donors (Lipinski definition) is 3. The third kappa shape index (κ3) is 4.52. The number of nitrogens with zero attached hydrogens (tertiary/aromatic N) is 1. The van der Waals surface area contributed by atoms with Gasteiger partial charge < -0.3 is 20.5 Å². The molecule has 9 heteroatoms. The maximum Gasteiger partial charge on any atom is 0.322 e. The van der Waals surface area contributed by atoms with Crippen LogP contribution in [0.3, 0.4) is 0 Å². The van der Waals surface area contributed by atoms with E-state index in [-0.39, 0.29) is 0 Å². The first-order valence-electron chi connectivity index (χ1n) is 9.98. The molecule has 0 spiro atoms. The summed E-state index contributed by atoms with van der Waals surface area (Å²) in [6.07, 6.45) is 0. The molecule has 0 aromatic heterocycles. The SMILES string of the molecule is CC1(C)C(=O)C(C(=O)NCC(=O)O)C(=O)c2ccc(NCCN3CCOCC3)cc21. The first-order chi connectivity index (χ1) is 14.2. The molecule has 162 valence electrons. The molecule has 30 heavy (non-hydrogen) atoms. The quantitative estimate of drug-likeness (QED) is 0.541. The van der Waals surface area contributed by atoms with Crippen molar-refractivity contribution >= 4 is 29.1 Å². The van der Waals surface area contributed by atoms with Crippen molar-refractivity contribution in [3.8, 4) is 0 Å². The Morgan fingerprint density at radius 3 is 2.60 bits per heavy atom. The zero-order chi connectivity index (χ0) is 21.9. The van der Waals surface area contributed by atoms with Crippen molar-refractivity contribution in [3.05, 3.63) is 29.3 Å². The molecule has 9 nitrogen and oxygen atoms in total. The number of hydrogen-bond acceptors (Lipinski definition) is 7. The highest BCUT2D eigenvalue weighted by Crippen LogP contribution is 2.38. The second kappa shape index (κ2) is 8.93. The lowest BCUT2D eigenvalue weighted by Crippen LogP contribution is -2.51. The van der Waals surface area contributed by atoms with Gasteiger partial charge in [0, 0.05) is 37.4 Å². The first-order valence-corrected chi connectivity index (χ1v) is 9.98. The number of anilines is 1. The van der Waals surface area contributed by atoms with Gasteiger partial charge in [-0.3, -0.25) is 24.1 Å². The van der Waals surface area contributed by atoms with E-state index in [4.69, 9.17) is 9.84 Å². The van der Waals surface area contributed by atoms with Crippen LogP contribution in [0.5, 0.6) is 0 Å². The Hall–Kier alpha value is -2.78. The molecule has 0 radical (unpaired) electrons. The predicted molar refractivity (Wildman–Crippen MR) is 109 cm³/mol. The number of carboxylic acids is 1. The molecule has 0 saturated carbocycles. The van der Waals surface area contributed by atoms with Gasteiger partial charge in [-0.15, -0.1) is 0 Å². The minimum absolute atomic E-state index is 0.314. The molecule has 1 fully saturated rings. The van der Waals surface area contributed by atoms with Crippen LogP contribution in [0.15, 0.2) is 18.2 Å². The van der Waals surface area contributed by atoms with Gasteiger partial charge >= 0.3 is 5.97 Å². The molecule has 3 N–H and O–H groups in total. The van der Waals surface area contributed by atoms with Crippen LogP contribution < -0.4 is 10.6 Å². The number of carbonyl (C=O) groups is 4. The first kappa shape index (κ1) is 21.9. The largest absolute Gasteiger partial charge is 0.480 e. The number of rotatable bonds is 7. The number of morpholine rings is 1. The number of amides is 1. The van der Waals surface area contributed by atoms with Gasteiger partial charge in [0.1, 0.15) is 6.54 Å². The number of carbonyl (C=O) groups excluding carboxylic acids is 3. The fourth-order valence-electron chi connectivity index (χ4n) is 3.84. The second-order valence-corrected chi connectivity index (χ2v) is 8.04. The van der Waals surface area contributed by atoms with E-state index in [1.165, 1.54) is 0 Å². The Morgan fingerprint density at radius 1 is 1.23 bits per heavy atom. The van der Waals surface area contributed by atoms with Crippen molar-refractivity contribution in [2.24, 2.45) is 5.92 Å². The fraction of sp³-hybridized carbons (Fsp3) is 0.524. The lowest BCUT2D eigenvalue weighted by Gasteiger charge is -2.34. The summed E-state index contributed by atoms with van der Waals surface area (Å²) in [5.74, 6) is -4.79. The smallest absolute Gasteiger partial charge is 0.322 e. The molecule has 2 aliphatic rings. The van der Waals surface area contributed by atoms with E-state index < -0.39 is 41.3 Å². The lowest BCUT2D eigenvalue weighted by molar-refractivity contribution is -0.140. The topological polar surface area (TPSA) is 125 Å². The average molecular weight is 417 g/mol. The number of Topliss-reactive ketones (excluding diaryl/α,β-unsaturated/α-hetero) is 2. The molecule has 1 amide bonds. The predicted octanol–water partition coefficient (Wildman–Crippen LogP) is 0.291. The third-order valence-corrected chi connectivity index (χ3v) is 5.64. The van der Waals surface area contributed by atoms with Crippen molar-refractivity contribution in [2.45, 2.75) is 19.3 Å². The van der Waals surface area contributed by atoms with Crippen LogP contribution in [0.2, 0.25) is 0 Å². The maximum absolute atomic E-state index is 13.0. The highest BCUT2D eigenvalue weighted by molar-refractivity contribution is 6.29. The molecular weight excluding hydrogens is 390 g/mol. The summed E-state index contributed by atoms with van der Waals surface area (Å²) < 4.78 is 5.34. The van der Waals surface area contributed by atoms with E-state index in [0.717, 1.165) is 38.5 Å². The van der Waals surface area contributed by atoms with Gasteiger partial charge in [-0.25, -0.2) is 0 Å². The van der Waals surface area contributed by atoms with Gasteiger partial charge in [-0.05, 0) is 37.6 Å². The minimum Gasteiger partial charge on any atom is -0.480 e. The van der Waals surface area contributed by atoms with Gasteiger partial charge in [0.2, 0.25) is 5.91 Å². The molecule has 1 aromatic rings. The van der Waals surface area contributed by atoms with E-state index in [1.54, 1.807) is 32.0 Å². The highest BCUT2D eigenvalue weighted by Gasteiger charge is 2.49. The molecule has 1 heterocycles. The molecule has 1 unspecified atom stereocenters. The molecule has 1 saturated heterocycles. The van der Waals surface area contributed by atoms with Crippen LogP contribution in [-0.4, -0.2) is 79.4 Å². The van der Waals surface area contributed by atoms with Gasteiger partial charge in [0.15, 0.2) is 17.5 Å². The Kier molecular flexibility index (Phi) is 6.52. The molecule has 1 aromatic carbocycles. The van der Waals surface area contributed by atoms with Crippen molar-refractivity contribution in [3.63, 3.8) is 0 Å². The zero-order valence-electron chi connectivity index (χ0n) is 17.2. The van der Waals surface area contributed by atoms with Gasteiger partial charge in [-0.2, -0.15) is 0 Å². The summed E-state index contributed by atoms with van der Waals surface area (Å²) in [4.78, 5) is 51.2. The summed E-state index contributed by atoms with van der Waals surface area (Å²) in [7, 11) is 0. The minimum atomic E-state index is -1.54. The monoisotopic (exact) mass is 417 g/mol. The standard InChI is InChI=1S/C21H27N3O6/c1-21(2)15-11-13(22-5-6-24-7-9-30-10-8-24)3-4-14(15)18(27)17(19(21)28)20(29)23-12-16(25)26/h3-4,11,17,22H,5-10,12H2,1-2H3,(H,23,29)(H,25,26). The molecule has 1 atom stereocenters. The van der Waals surface area contributed by atoms with E-state index in [0.29, 0.717) is 17.7 Å². The van der Waals surface area contributed by atoms with Crippen molar-refractivity contribution in [2.75, 3.05) is 51.3 Å². The number of nitrogens with one attached hydrogen (secondary N) is 2. The van der Waals surface area contributed by atoms with Crippen LogP contribution in [0, 0.1) is 5.92 Å². The zero-order valence-corrected chi connectivity index (χ0v) is 17.2. The van der Waals surface area contributed by atoms with Gasteiger partial charge in [-0.1, -0.05) is 0 Å². The van der Waals surface area contributed by atoms with E-state index in [2.05, 4.69) is 15.5 Å². The van der Waals surface area contributed by atoms with Crippen LogP contribution in [-0.2, 0) is 24.5 Å². The van der Waals surface area contributed by atoms with E-state index >= 15 is 0 Å². The summed E-state index contributed by atoms with van der Waals surface area (Å²) in [5, 5.41) is 14.2. The summed E-state index contributed by atoms with van der Waals surface area (Å²) >= 11 is 0. The fourth-order valence-corrected chi connectivity index (χ4v) is 3.84. The number of fused-ring (bicyclic) bond motifs is 1. The summed E-state index contributed by atoms with van der Waals surface area (Å²) in [6, 6.07) is 5.17. The maximum atomic E-state index is 13.0. The normalized spacial score (nSPS) is 21.1. The second-order valence-electron chi connectivity index (χ2n) is 8.04. The summed E-state index contributed by atoms with van der Waals surface area (Å²) in [5.41, 5.74) is 0.616. The van der Waals surface area contributed by atoms with Crippen LogP contribution in [0.4, 0.5) is 5.69 Å². The lowest BCUT2D eigenvalue weighted by atomic mass is 9.66. The Bertz CT molecular complexity index is 860. The molecule has 1 aliphatic heterocycles. The van der Waals surface area contributed by atoms with Crippen LogP contribution in [0.25, 0.3) is 0 Å². The van der Waals surface area contributed by atoms with E-state index in [1.807, 2.05) is 0 Å². The highest BCUT2D eigenvalue weighted by atomic mass is 16.5. The van der Waals surface area contributed by atoms with Gasteiger partial charge in [0.25, 0.3) is 0 Å². The van der Waals surface area contributed by atoms with Crippen LogP contribution >= 0.6 is 0 Å². The van der Waals surface area contributed by atoms with Crippen molar-refractivity contribution < 1.29 is 29.0 Å². The number of carboxylic acid groups (broad SMARTS) is 1. The third-order valence-electron chi connectivity index (χ3n) is 5.64. The molecule has 0 bridgehead atoms.